The standard InChI is InChI=1S/C22H26N2O3/c1-6-27-21-17(14(4)5)9-16(13(2)3)10-18(21)19-11-23-20-8-7-15(22(25)26)12-24(19)20/h7-14H,6H2,1-5H3,(H,25,26). The molecule has 0 unspecified atom stereocenters. The van der Waals surface area contributed by atoms with Gasteiger partial charge in [0.1, 0.15) is 11.4 Å². The van der Waals surface area contributed by atoms with Crippen molar-refractivity contribution in [2.75, 3.05) is 6.61 Å². The van der Waals surface area contributed by atoms with E-state index in [2.05, 4.69) is 44.8 Å². The van der Waals surface area contributed by atoms with Crippen LogP contribution >= 0.6 is 0 Å². The summed E-state index contributed by atoms with van der Waals surface area (Å²) in [7, 11) is 0. The van der Waals surface area contributed by atoms with Crippen LogP contribution in [0.15, 0.2) is 36.7 Å². The Morgan fingerprint density at radius 1 is 1.19 bits per heavy atom. The molecule has 0 aliphatic carbocycles. The van der Waals surface area contributed by atoms with Crippen molar-refractivity contribution in [1.82, 2.24) is 9.38 Å². The molecule has 0 saturated heterocycles. The van der Waals surface area contributed by atoms with E-state index < -0.39 is 5.97 Å². The van der Waals surface area contributed by atoms with E-state index in [9.17, 15) is 9.90 Å². The Bertz CT molecular complexity index is 987. The highest BCUT2D eigenvalue weighted by molar-refractivity contribution is 5.88. The highest BCUT2D eigenvalue weighted by Crippen LogP contribution is 2.40. The Morgan fingerprint density at radius 3 is 2.52 bits per heavy atom. The predicted octanol–water partition coefficient (Wildman–Crippen LogP) is 5.35. The lowest BCUT2D eigenvalue weighted by Crippen LogP contribution is -2.05. The molecule has 3 aromatic rings. The van der Waals surface area contributed by atoms with Crippen LogP contribution in [0.25, 0.3) is 16.9 Å². The van der Waals surface area contributed by atoms with Crippen LogP contribution in [0.3, 0.4) is 0 Å². The average Bonchev–Trinajstić information content (AvgIpc) is 3.04. The lowest BCUT2D eigenvalue weighted by atomic mass is 9.91. The lowest BCUT2D eigenvalue weighted by molar-refractivity contribution is 0.0696. The fourth-order valence-electron chi connectivity index (χ4n) is 3.24. The predicted molar refractivity (Wildman–Crippen MR) is 107 cm³/mol. The molecular formula is C22H26N2O3. The van der Waals surface area contributed by atoms with Crippen molar-refractivity contribution < 1.29 is 14.6 Å². The normalized spacial score (nSPS) is 11.5. The fraction of sp³-hybridized carbons (Fsp3) is 0.364. The Balaban J connectivity index is 2.33. The average molecular weight is 366 g/mol. The number of ether oxygens (including phenoxy) is 1. The molecule has 5 heteroatoms. The van der Waals surface area contributed by atoms with Gasteiger partial charge in [-0.3, -0.25) is 4.40 Å². The summed E-state index contributed by atoms with van der Waals surface area (Å²) in [4.78, 5) is 15.9. The second-order valence-corrected chi connectivity index (χ2v) is 7.32. The van der Waals surface area contributed by atoms with Gasteiger partial charge < -0.3 is 9.84 Å². The smallest absolute Gasteiger partial charge is 0.337 e. The van der Waals surface area contributed by atoms with Crippen LogP contribution < -0.4 is 4.74 Å². The highest BCUT2D eigenvalue weighted by atomic mass is 16.5. The molecule has 0 amide bonds. The molecule has 142 valence electrons. The third-order valence-electron chi connectivity index (χ3n) is 4.75. The van der Waals surface area contributed by atoms with Crippen LogP contribution in [0.5, 0.6) is 5.75 Å². The van der Waals surface area contributed by atoms with Gasteiger partial charge >= 0.3 is 5.97 Å². The molecule has 2 heterocycles. The number of nitrogens with zero attached hydrogens (tertiary/aromatic N) is 2. The minimum Gasteiger partial charge on any atom is -0.493 e. The summed E-state index contributed by atoms with van der Waals surface area (Å²) < 4.78 is 7.89. The number of carboxylic acids is 1. The van der Waals surface area contributed by atoms with E-state index in [-0.39, 0.29) is 5.56 Å². The quantitative estimate of drug-likeness (QED) is 0.639. The largest absolute Gasteiger partial charge is 0.493 e. The van der Waals surface area contributed by atoms with Crippen LogP contribution in [-0.4, -0.2) is 27.1 Å². The summed E-state index contributed by atoms with van der Waals surface area (Å²) >= 11 is 0. The van der Waals surface area contributed by atoms with Crippen LogP contribution in [0.2, 0.25) is 0 Å². The summed E-state index contributed by atoms with van der Waals surface area (Å²) in [6.07, 6.45) is 3.40. The molecule has 0 fully saturated rings. The number of aromatic nitrogens is 2. The summed E-state index contributed by atoms with van der Waals surface area (Å²) in [5.41, 5.74) is 5.09. The third-order valence-corrected chi connectivity index (χ3v) is 4.75. The van der Waals surface area contributed by atoms with Gasteiger partial charge in [0.15, 0.2) is 0 Å². The molecule has 0 atom stereocenters. The number of benzene rings is 1. The van der Waals surface area contributed by atoms with E-state index in [4.69, 9.17) is 4.74 Å². The second kappa shape index (κ2) is 7.43. The molecule has 27 heavy (non-hydrogen) atoms. The van der Waals surface area contributed by atoms with Crippen molar-refractivity contribution >= 4 is 11.6 Å². The van der Waals surface area contributed by atoms with Crippen molar-refractivity contribution in [2.45, 2.75) is 46.5 Å². The highest BCUT2D eigenvalue weighted by Gasteiger charge is 2.20. The summed E-state index contributed by atoms with van der Waals surface area (Å²) in [5, 5.41) is 9.36. The summed E-state index contributed by atoms with van der Waals surface area (Å²) in [5.74, 6) is 0.559. The summed E-state index contributed by atoms with van der Waals surface area (Å²) in [6.45, 7) is 11.2. The molecule has 0 bridgehead atoms. The number of fused-ring (bicyclic) bond motifs is 1. The van der Waals surface area contributed by atoms with Gasteiger partial charge in [0.2, 0.25) is 0 Å². The zero-order valence-corrected chi connectivity index (χ0v) is 16.5. The maximum atomic E-state index is 11.4. The van der Waals surface area contributed by atoms with E-state index in [1.54, 1.807) is 24.5 Å². The van der Waals surface area contributed by atoms with Gasteiger partial charge in [-0.15, -0.1) is 0 Å². The van der Waals surface area contributed by atoms with E-state index in [0.29, 0.717) is 24.1 Å². The molecule has 2 aromatic heterocycles. The summed E-state index contributed by atoms with van der Waals surface area (Å²) in [6, 6.07) is 7.65. The zero-order valence-electron chi connectivity index (χ0n) is 16.5. The number of pyridine rings is 1. The first-order chi connectivity index (χ1) is 12.8. The molecular weight excluding hydrogens is 340 g/mol. The first-order valence-corrected chi connectivity index (χ1v) is 9.34. The fourth-order valence-corrected chi connectivity index (χ4v) is 3.24. The molecule has 1 N–H and O–H groups in total. The topological polar surface area (TPSA) is 63.8 Å². The number of rotatable bonds is 6. The van der Waals surface area contributed by atoms with Crippen molar-refractivity contribution in [2.24, 2.45) is 0 Å². The van der Waals surface area contributed by atoms with Gasteiger partial charge in [-0.25, -0.2) is 9.78 Å². The minimum absolute atomic E-state index is 0.226. The monoisotopic (exact) mass is 366 g/mol. The molecule has 5 nitrogen and oxygen atoms in total. The van der Waals surface area contributed by atoms with Crippen molar-refractivity contribution in [3.63, 3.8) is 0 Å². The van der Waals surface area contributed by atoms with E-state index in [1.807, 2.05) is 11.3 Å². The van der Waals surface area contributed by atoms with E-state index in [1.165, 1.54) is 5.56 Å². The Kier molecular flexibility index (Phi) is 5.22. The van der Waals surface area contributed by atoms with Gasteiger partial charge in [0, 0.05) is 11.8 Å². The Hall–Kier alpha value is -2.82. The Labute approximate surface area is 159 Å². The first-order valence-electron chi connectivity index (χ1n) is 9.34. The van der Waals surface area contributed by atoms with E-state index in [0.717, 1.165) is 22.6 Å². The number of carboxylic acid groups (broad SMARTS) is 1. The molecule has 0 aliphatic rings. The zero-order chi connectivity index (χ0) is 19.7. The van der Waals surface area contributed by atoms with Crippen molar-refractivity contribution in [3.8, 4) is 17.0 Å². The van der Waals surface area contributed by atoms with Gasteiger partial charge in [0.25, 0.3) is 0 Å². The maximum Gasteiger partial charge on any atom is 0.337 e. The lowest BCUT2D eigenvalue weighted by Gasteiger charge is -2.20. The van der Waals surface area contributed by atoms with Gasteiger partial charge in [-0.1, -0.05) is 33.8 Å². The number of aromatic carboxylic acids is 1. The molecule has 1 aromatic carbocycles. The SMILES string of the molecule is CCOc1c(-c2cnc3ccc(C(=O)O)cn23)cc(C(C)C)cc1C(C)C. The van der Waals surface area contributed by atoms with Crippen LogP contribution in [0, 0.1) is 0 Å². The van der Waals surface area contributed by atoms with Crippen molar-refractivity contribution in [1.29, 1.82) is 0 Å². The second-order valence-electron chi connectivity index (χ2n) is 7.32. The maximum absolute atomic E-state index is 11.4. The van der Waals surface area contributed by atoms with Crippen molar-refractivity contribution in [3.05, 3.63) is 53.3 Å². The Morgan fingerprint density at radius 2 is 1.93 bits per heavy atom. The van der Waals surface area contributed by atoms with Gasteiger partial charge in [0.05, 0.1) is 24.1 Å². The van der Waals surface area contributed by atoms with Crippen LogP contribution in [-0.2, 0) is 0 Å². The van der Waals surface area contributed by atoms with Gasteiger partial charge in [-0.05, 0) is 48.1 Å². The number of hydrogen-bond donors (Lipinski definition) is 1. The molecule has 0 radical (unpaired) electrons. The number of carbonyl (C=O) groups is 1. The minimum atomic E-state index is -0.958. The van der Waals surface area contributed by atoms with Crippen LogP contribution in [0.1, 0.15) is 67.9 Å². The molecule has 3 rings (SSSR count). The molecule has 0 saturated carbocycles. The first kappa shape index (κ1) is 19.0. The van der Waals surface area contributed by atoms with E-state index >= 15 is 0 Å². The number of hydrogen-bond acceptors (Lipinski definition) is 3. The molecule has 0 aliphatic heterocycles. The van der Waals surface area contributed by atoms with Crippen LogP contribution in [0.4, 0.5) is 0 Å². The molecule has 0 spiro atoms. The van der Waals surface area contributed by atoms with Gasteiger partial charge in [-0.2, -0.15) is 0 Å². The number of imidazole rings is 1. The third kappa shape index (κ3) is 3.54.